The number of sulfonamides is 2. The first kappa shape index (κ1) is 23.9. The van der Waals surface area contributed by atoms with Gasteiger partial charge in [0.25, 0.3) is 10.0 Å². The van der Waals surface area contributed by atoms with Crippen LogP contribution in [-0.4, -0.2) is 32.7 Å². The number of anilines is 1. The Morgan fingerprint density at radius 1 is 1.00 bits per heavy atom. The molecule has 0 spiro atoms. The molecule has 1 heterocycles. The molecule has 0 amide bonds. The highest BCUT2D eigenvalue weighted by Crippen LogP contribution is 2.37. The molecule has 0 radical (unpaired) electrons. The summed E-state index contributed by atoms with van der Waals surface area (Å²) in [4.78, 5) is -0.0690. The topological polar surface area (TPSA) is 95.9 Å². The second kappa shape index (κ2) is 9.19. The predicted molar refractivity (Wildman–Crippen MR) is 130 cm³/mol. The Balaban J connectivity index is 1.76. The number of hydrogen-bond acceptors (Lipinski definition) is 5. The Labute approximate surface area is 199 Å². The smallest absolute Gasteiger partial charge is 0.279 e. The molecule has 0 saturated heterocycles. The van der Waals surface area contributed by atoms with Gasteiger partial charge in [-0.25, -0.2) is 12.8 Å². The van der Waals surface area contributed by atoms with Crippen molar-refractivity contribution in [3.8, 4) is 0 Å². The molecule has 1 aliphatic heterocycles. The maximum Gasteiger partial charge on any atom is 0.279 e. The van der Waals surface area contributed by atoms with Crippen molar-refractivity contribution < 1.29 is 21.2 Å². The van der Waals surface area contributed by atoms with E-state index in [0.717, 1.165) is 27.7 Å². The quantitative estimate of drug-likeness (QED) is 0.518. The molecule has 34 heavy (non-hydrogen) atoms. The summed E-state index contributed by atoms with van der Waals surface area (Å²) in [5.41, 5.74) is 3.26. The minimum atomic E-state index is -4.08. The van der Waals surface area contributed by atoms with Gasteiger partial charge in [0, 0.05) is 12.1 Å². The van der Waals surface area contributed by atoms with Crippen LogP contribution in [0.3, 0.4) is 0 Å². The zero-order valence-corrected chi connectivity index (χ0v) is 20.3. The summed E-state index contributed by atoms with van der Waals surface area (Å²) in [5.74, 6) is -0.608. The molecule has 0 fully saturated rings. The minimum Gasteiger partial charge on any atom is -0.284 e. The standard InChI is InChI=1S/C24H24FN3O4S2/c1-3-33(29,30)27-21-6-4-5-19(15-21)23-16-24(18-9-7-17(2)8-10-18)28(26-23)34(31,32)22-13-11-20(25)12-14-22/h4-15,24,27H,3,16H2,1-2H3. The van der Waals surface area contributed by atoms with E-state index in [2.05, 4.69) is 9.82 Å². The average Bonchev–Trinajstić information content (AvgIpc) is 3.26. The van der Waals surface area contributed by atoms with Crippen LogP contribution in [-0.2, 0) is 20.0 Å². The number of hydrazone groups is 1. The maximum atomic E-state index is 13.5. The summed E-state index contributed by atoms with van der Waals surface area (Å²) in [6, 6.07) is 18.2. The summed E-state index contributed by atoms with van der Waals surface area (Å²) in [6.07, 6.45) is 0.285. The Kier molecular flexibility index (Phi) is 6.46. The van der Waals surface area contributed by atoms with Crippen molar-refractivity contribution in [2.24, 2.45) is 5.10 Å². The molecule has 10 heteroatoms. The maximum absolute atomic E-state index is 13.5. The molecular weight excluding hydrogens is 477 g/mol. The summed E-state index contributed by atoms with van der Waals surface area (Å²) in [6.45, 7) is 3.48. The van der Waals surface area contributed by atoms with Gasteiger partial charge in [-0.3, -0.25) is 4.72 Å². The first-order valence-electron chi connectivity index (χ1n) is 10.6. The van der Waals surface area contributed by atoms with Gasteiger partial charge in [0.1, 0.15) is 5.82 Å². The first-order valence-corrected chi connectivity index (χ1v) is 13.7. The highest BCUT2D eigenvalue weighted by molar-refractivity contribution is 7.92. The molecule has 3 aromatic carbocycles. The average molecular weight is 502 g/mol. The van der Waals surface area contributed by atoms with E-state index in [9.17, 15) is 21.2 Å². The molecule has 0 aromatic heterocycles. The van der Waals surface area contributed by atoms with Crippen LogP contribution in [0, 0.1) is 12.7 Å². The highest BCUT2D eigenvalue weighted by atomic mass is 32.2. The summed E-state index contributed by atoms with van der Waals surface area (Å²) < 4.78 is 67.9. The fourth-order valence-corrected chi connectivity index (χ4v) is 5.71. The van der Waals surface area contributed by atoms with Gasteiger partial charge in [0.15, 0.2) is 0 Å². The van der Waals surface area contributed by atoms with Crippen molar-refractivity contribution in [2.45, 2.75) is 31.2 Å². The summed E-state index contributed by atoms with van der Waals surface area (Å²) in [5, 5.41) is 4.46. The lowest BCUT2D eigenvalue weighted by molar-refractivity contribution is 0.371. The van der Waals surface area contributed by atoms with Crippen molar-refractivity contribution in [2.75, 3.05) is 10.5 Å². The molecule has 1 atom stereocenters. The van der Waals surface area contributed by atoms with Crippen molar-refractivity contribution in [3.63, 3.8) is 0 Å². The van der Waals surface area contributed by atoms with Crippen LogP contribution >= 0.6 is 0 Å². The van der Waals surface area contributed by atoms with Crippen molar-refractivity contribution >= 4 is 31.4 Å². The molecule has 3 aromatic rings. The molecule has 1 unspecified atom stereocenters. The molecule has 7 nitrogen and oxygen atoms in total. The molecule has 0 saturated carbocycles. The third-order valence-electron chi connectivity index (χ3n) is 5.54. The van der Waals surface area contributed by atoms with Gasteiger partial charge in [-0.2, -0.15) is 17.9 Å². The lowest BCUT2D eigenvalue weighted by Crippen LogP contribution is -2.27. The SMILES string of the molecule is CCS(=O)(=O)Nc1cccc(C2=NN(S(=O)(=O)c3ccc(F)cc3)C(c3ccc(C)cc3)C2)c1. The van der Waals surface area contributed by atoms with E-state index < -0.39 is 31.9 Å². The zero-order chi connectivity index (χ0) is 24.5. The number of benzene rings is 3. The number of aryl methyl sites for hydroxylation is 1. The number of nitrogens with one attached hydrogen (secondary N) is 1. The number of hydrogen-bond donors (Lipinski definition) is 1. The number of rotatable bonds is 7. The van der Waals surface area contributed by atoms with Crippen molar-refractivity contribution in [1.82, 2.24) is 4.41 Å². The third kappa shape index (κ3) is 4.97. The molecule has 0 bridgehead atoms. The highest BCUT2D eigenvalue weighted by Gasteiger charge is 2.37. The van der Waals surface area contributed by atoms with Crippen LogP contribution in [0.15, 0.2) is 82.8 Å². The van der Waals surface area contributed by atoms with E-state index in [1.807, 2.05) is 31.2 Å². The van der Waals surface area contributed by atoms with Gasteiger partial charge < -0.3 is 0 Å². The largest absolute Gasteiger partial charge is 0.284 e. The fourth-order valence-electron chi connectivity index (χ4n) is 3.65. The molecule has 1 aliphatic rings. The van der Waals surface area contributed by atoms with E-state index in [0.29, 0.717) is 17.0 Å². The van der Waals surface area contributed by atoms with E-state index in [1.54, 1.807) is 24.3 Å². The molecule has 1 N–H and O–H groups in total. The molecule has 178 valence electrons. The second-order valence-electron chi connectivity index (χ2n) is 8.00. The minimum absolute atomic E-state index is 0.0690. The van der Waals surface area contributed by atoms with Crippen LogP contribution in [0.25, 0.3) is 0 Å². The van der Waals surface area contributed by atoms with Gasteiger partial charge >= 0.3 is 0 Å². The van der Waals surface area contributed by atoms with E-state index in [1.165, 1.54) is 19.1 Å². The number of nitrogens with zero attached hydrogens (tertiary/aromatic N) is 2. The fraction of sp³-hybridized carbons (Fsp3) is 0.208. The lowest BCUT2D eigenvalue weighted by Gasteiger charge is -2.23. The monoisotopic (exact) mass is 501 g/mol. The van der Waals surface area contributed by atoms with Gasteiger partial charge in [-0.05, 0) is 61.4 Å². The Hall–Kier alpha value is -3.24. The normalized spacial score (nSPS) is 16.4. The predicted octanol–water partition coefficient (Wildman–Crippen LogP) is 4.44. The van der Waals surface area contributed by atoms with Gasteiger partial charge in [-0.15, -0.1) is 0 Å². The van der Waals surface area contributed by atoms with Crippen LogP contribution in [0.2, 0.25) is 0 Å². The first-order chi connectivity index (χ1) is 16.1. The van der Waals surface area contributed by atoms with Gasteiger partial charge in [0.2, 0.25) is 10.0 Å². The van der Waals surface area contributed by atoms with Crippen LogP contribution in [0.5, 0.6) is 0 Å². The van der Waals surface area contributed by atoms with E-state index >= 15 is 0 Å². The van der Waals surface area contributed by atoms with Crippen LogP contribution in [0.4, 0.5) is 10.1 Å². The van der Waals surface area contributed by atoms with Gasteiger partial charge in [-0.1, -0.05) is 42.0 Å². The summed E-state index contributed by atoms with van der Waals surface area (Å²) >= 11 is 0. The third-order valence-corrected chi connectivity index (χ3v) is 8.54. The Bertz CT molecular complexity index is 1440. The van der Waals surface area contributed by atoms with E-state index in [-0.39, 0.29) is 17.1 Å². The van der Waals surface area contributed by atoms with Crippen molar-refractivity contribution in [3.05, 3.63) is 95.3 Å². The Morgan fingerprint density at radius 3 is 2.32 bits per heavy atom. The molecular formula is C24H24FN3O4S2. The molecule has 0 aliphatic carbocycles. The zero-order valence-electron chi connectivity index (χ0n) is 18.6. The van der Waals surface area contributed by atoms with Crippen LogP contribution in [0.1, 0.15) is 36.1 Å². The Morgan fingerprint density at radius 2 is 1.68 bits per heavy atom. The van der Waals surface area contributed by atoms with Crippen molar-refractivity contribution in [1.29, 1.82) is 0 Å². The number of halogens is 1. The van der Waals surface area contributed by atoms with E-state index in [4.69, 9.17) is 0 Å². The summed E-state index contributed by atoms with van der Waals surface area (Å²) in [7, 11) is -7.55. The van der Waals surface area contributed by atoms with Crippen LogP contribution < -0.4 is 4.72 Å². The van der Waals surface area contributed by atoms with Gasteiger partial charge in [0.05, 0.1) is 22.4 Å². The second-order valence-corrected chi connectivity index (χ2v) is 11.8. The lowest BCUT2D eigenvalue weighted by atomic mass is 9.98. The molecule has 4 rings (SSSR count).